The quantitative estimate of drug-likeness (QED) is 0.827. The van der Waals surface area contributed by atoms with Crippen LogP contribution in [-0.2, 0) is 0 Å². The van der Waals surface area contributed by atoms with E-state index in [9.17, 15) is 9.50 Å². The molecule has 1 fully saturated rings. The molecule has 3 nitrogen and oxygen atoms in total. The van der Waals surface area contributed by atoms with Gasteiger partial charge in [0.05, 0.1) is 13.1 Å². The van der Waals surface area contributed by atoms with E-state index >= 15 is 0 Å². The van der Waals surface area contributed by atoms with Gasteiger partial charge >= 0.3 is 0 Å². The van der Waals surface area contributed by atoms with E-state index in [4.69, 9.17) is 4.74 Å². The molecule has 1 saturated carbocycles. The minimum Gasteiger partial charge on any atom is -0.488 e. The molecule has 1 unspecified atom stereocenters. The Labute approximate surface area is 120 Å². The molecule has 0 aromatic heterocycles. The van der Waals surface area contributed by atoms with E-state index in [1.165, 1.54) is 43.1 Å². The lowest BCUT2D eigenvalue weighted by atomic mass is 9.94. The number of quaternary nitrogens is 1. The zero-order valence-corrected chi connectivity index (χ0v) is 12.1. The van der Waals surface area contributed by atoms with E-state index in [1.54, 1.807) is 18.2 Å². The second-order valence-corrected chi connectivity index (χ2v) is 5.78. The van der Waals surface area contributed by atoms with Gasteiger partial charge in [0.15, 0.2) is 11.6 Å². The Morgan fingerprint density at radius 1 is 1.30 bits per heavy atom. The minimum atomic E-state index is -0.559. The minimum absolute atomic E-state index is 0.144. The zero-order chi connectivity index (χ0) is 14.4. The summed E-state index contributed by atoms with van der Waals surface area (Å²) in [5.74, 6) is -0.172. The van der Waals surface area contributed by atoms with Crippen LogP contribution in [0.25, 0.3) is 0 Å². The van der Waals surface area contributed by atoms with Crippen molar-refractivity contribution in [3.05, 3.63) is 30.1 Å². The summed E-state index contributed by atoms with van der Waals surface area (Å²) >= 11 is 0. The Hall–Kier alpha value is -1.13. The second-order valence-electron chi connectivity index (χ2n) is 5.78. The highest BCUT2D eigenvalue weighted by Gasteiger charge is 2.23. The number of halogens is 1. The molecule has 4 heteroatoms. The molecule has 1 aromatic rings. The Balaban J connectivity index is 1.74. The summed E-state index contributed by atoms with van der Waals surface area (Å²) in [6, 6.07) is 6.94. The van der Waals surface area contributed by atoms with Crippen molar-refractivity contribution >= 4 is 0 Å². The van der Waals surface area contributed by atoms with Gasteiger partial charge in [0, 0.05) is 0 Å². The maximum Gasteiger partial charge on any atom is 0.165 e. The summed E-state index contributed by atoms with van der Waals surface area (Å²) in [4.78, 5) is 1.36. The van der Waals surface area contributed by atoms with Crippen LogP contribution in [0, 0.1) is 5.82 Å². The van der Waals surface area contributed by atoms with Crippen molar-refractivity contribution in [2.45, 2.75) is 44.2 Å². The zero-order valence-electron chi connectivity index (χ0n) is 12.1. The number of aliphatic hydroxyl groups is 1. The van der Waals surface area contributed by atoms with Crippen LogP contribution in [-0.4, -0.2) is 37.5 Å². The number of benzene rings is 1. The summed E-state index contributed by atoms with van der Waals surface area (Å²) in [5, 5.41) is 10.0. The lowest BCUT2D eigenvalue weighted by Gasteiger charge is -2.29. The van der Waals surface area contributed by atoms with Gasteiger partial charge in [-0.1, -0.05) is 18.6 Å². The summed E-state index contributed by atoms with van der Waals surface area (Å²) < 4.78 is 18.7. The highest BCUT2D eigenvalue weighted by Crippen LogP contribution is 2.16. The van der Waals surface area contributed by atoms with Crippen LogP contribution in [0.5, 0.6) is 5.75 Å². The number of ether oxygens (including phenoxy) is 1. The average Bonchev–Trinajstić information content (AvgIpc) is 2.47. The van der Waals surface area contributed by atoms with Crippen molar-refractivity contribution in [1.29, 1.82) is 0 Å². The Morgan fingerprint density at radius 3 is 2.70 bits per heavy atom. The van der Waals surface area contributed by atoms with Crippen LogP contribution in [0.1, 0.15) is 32.1 Å². The maximum atomic E-state index is 13.4. The van der Waals surface area contributed by atoms with Gasteiger partial charge in [0.25, 0.3) is 0 Å². The fourth-order valence-corrected chi connectivity index (χ4v) is 2.94. The third kappa shape index (κ3) is 4.46. The van der Waals surface area contributed by atoms with Gasteiger partial charge in [-0.2, -0.15) is 0 Å². The van der Waals surface area contributed by atoms with E-state index in [1.807, 2.05) is 0 Å². The largest absolute Gasteiger partial charge is 0.488 e. The molecule has 0 saturated heterocycles. The fraction of sp³-hybridized carbons (Fsp3) is 0.625. The van der Waals surface area contributed by atoms with E-state index < -0.39 is 6.10 Å². The number of hydrogen-bond donors (Lipinski definition) is 2. The van der Waals surface area contributed by atoms with E-state index in [0.29, 0.717) is 12.6 Å². The van der Waals surface area contributed by atoms with E-state index in [2.05, 4.69) is 7.05 Å². The Morgan fingerprint density at radius 2 is 2.00 bits per heavy atom. The Kier molecular flexibility index (Phi) is 5.80. The highest BCUT2D eigenvalue weighted by molar-refractivity contribution is 5.23. The number of para-hydroxylation sites is 1. The third-order valence-electron chi connectivity index (χ3n) is 4.13. The molecule has 0 bridgehead atoms. The standard InChI is InChI=1S/C16H24FNO2/c1-18(13-7-3-2-4-8-13)11-14(19)12-20-16-10-6-5-9-15(16)17/h5-6,9-10,13-14,19H,2-4,7-8,11-12H2,1H3/p+1/t14-/m0/s1. The van der Waals surface area contributed by atoms with Crippen molar-refractivity contribution in [1.82, 2.24) is 0 Å². The fourth-order valence-electron chi connectivity index (χ4n) is 2.94. The van der Waals surface area contributed by atoms with Crippen molar-refractivity contribution < 1.29 is 19.1 Å². The van der Waals surface area contributed by atoms with Gasteiger partial charge in [0.2, 0.25) is 0 Å². The molecule has 20 heavy (non-hydrogen) atoms. The third-order valence-corrected chi connectivity index (χ3v) is 4.13. The molecule has 112 valence electrons. The van der Waals surface area contributed by atoms with Gasteiger partial charge < -0.3 is 14.7 Å². The summed E-state index contributed by atoms with van der Waals surface area (Å²) in [6.07, 6.45) is 5.85. The summed E-state index contributed by atoms with van der Waals surface area (Å²) in [5.41, 5.74) is 0. The van der Waals surface area contributed by atoms with Gasteiger partial charge in [-0.25, -0.2) is 4.39 Å². The molecule has 0 spiro atoms. The topological polar surface area (TPSA) is 33.9 Å². The van der Waals surface area contributed by atoms with E-state index in [-0.39, 0.29) is 18.2 Å². The molecule has 1 aliphatic rings. The first-order valence-corrected chi connectivity index (χ1v) is 7.54. The molecule has 2 rings (SSSR count). The molecule has 2 N–H and O–H groups in total. The maximum absolute atomic E-state index is 13.4. The van der Waals surface area contributed by atoms with Crippen LogP contribution in [0.15, 0.2) is 24.3 Å². The van der Waals surface area contributed by atoms with Crippen molar-refractivity contribution in [3.63, 3.8) is 0 Å². The normalized spacial score (nSPS) is 19.6. The smallest absolute Gasteiger partial charge is 0.165 e. The lowest BCUT2D eigenvalue weighted by Crippen LogP contribution is -3.14. The highest BCUT2D eigenvalue weighted by atomic mass is 19.1. The molecular weight excluding hydrogens is 257 g/mol. The first-order valence-electron chi connectivity index (χ1n) is 7.54. The monoisotopic (exact) mass is 282 g/mol. The number of likely N-dealkylation sites (N-methyl/N-ethyl adjacent to an activating group) is 1. The van der Waals surface area contributed by atoms with Crippen LogP contribution in [0.4, 0.5) is 4.39 Å². The molecule has 0 aliphatic heterocycles. The lowest BCUT2D eigenvalue weighted by molar-refractivity contribution is -0.910. The summed E-state index contributed by atoms with van der Waals surface area (Å²) in [7, 11) is 2.13. The molecule has 1 aromatic carbocycles. The predicted molar refractivity (Wildman–Crippen MR) is 76.5 cm³/mol. The summed E-state index contributed by atoms with van der Waals surface area (Å²) in [6.45, 7) is 0.796. The Bertz CT molecular complexity index is 407. The van der Waals surface area contributed by atoms with Crippen molar-refractivity contribution in [2.24, 2.45) is 0 Å². The van der Waals surface area contributed by atoms with Crippen molar-refractivity contribution in [3.8, 4) is 5.75 Å². The van der Waals surface area contributed by atoms with Gasteiger partial charge in [-0.15, -0.1) is 0 Å². The van der Waals surface area contributed by atoms with Gasteiger partial charge in [0.1, 0.15) is 19.3 Å². The van der Waals surface area contributed by atoms with Crippen LogP contribution < -0.4 is 9.64 Å². The molecule has 0 amide bonds. The number of aliphatic hydroxyl groups excluding tert-OH is 1. The van der Waals surface area contributed by atoms with Crippen LogP contribution in [0.2, 0.25) is 0 Å². The predicted octanol–water partition coefficient (Wildman–Crippen LogP) is 1.41. The number of rotatable bonds is 6. The van der Waals surface area contributed by atoms with Crippen LogP contribution >= 0.6 is 0 Å². The molecular formula is C16H25FNO2+. The second kappa shape index (κ2) is 7.60. The average molecular weight is 282 g/mol. The number of hydrogen-bond acceptors (Lipinski definition) is 2. The first-order chi connectivity index (χ1) is 9.66. The molecule has 1 aliphatic carbocycles. The molecule has 2 atom stereocenters. The van der Waals surface area contributed by atoms with Crippen molar-refractivity contribution in [2.75, 3.05) is 20.2 Å². The molecule has 0 heterocycles. The first kappa shape index (κ1) is 15.3. The van der Waals surface area contributed by atoms with Gasteiger partial charge in [-0.3, -0.25) is 0 Å². The molecule has 0 radical (unpaired) electrons. The number of nitrogens with one attached hydrogen (secondary N) is 1. The van der Waals surface area contributed by atoms with Crippen LogP contribution in [0.3, 0.4) is 0 Å². The SMILES string of the molecule is C[NH+](C[C@H](O)COc1ccccc1F)C1CCCCC1. The van der Waals surface area contributed by atoms with E-state index in [0.717, 1.165) is 0 Å². The van der Waals surface area contributed by atoms with Gasteiger partial charge in [-0.05, 0) is 37.8 Å².